The van der Waals surface area contributed by atoms with E-state index in [4.69, 9.17) is 0 Å². The summed E-state index contributed by atoms with van der Waals surface area (Å²) < 4.78 is 52.9. The lowest BCUT2D eigenvalue weighted by atomic mass is 10.0. The van der Waals surface area contributed by atoms with Crippen LogP contribution in [0.4, 0.5) is 17.6 Å². The normalized spacial score (nSPS) is 10.6. The molecule has 0 nitrogen and oxygen atoms in total. The van der Waals surface area contributed by atoms with Crippen molar-refractivity contribution in [3.8, 4) is 11.1 Å². The highest BCUT2D eigenvalue weighted by molar-refractivity contribution is 9.10. The summed E-state index contributed by atoms with van der Waals surface area (Å²) in [6, 6.07) is 7.41. The van der Waals surface area contributed by atoms with E-state index < -0.39 is 33.3 Å². The minimum atomic E-state index is -1.44. The topological polar surface area (TPSA) is 0 Å². The molecule has 0 saturated heterocycles. The van der Waals surface area contributed by atoms with Crippen LogP contribution in [-0.2, 0) is 0 Å². The molecule has 5 heteroatoms. The zero-order valence-electron chi connectivity index (χ0n) is 8.28. The van der Waals surface area contributed by atoms with Crippen molar-refractivity contribution in [3.63, 3.8) is 0 Å². The average molecular weight is 305 g/mol. The summed E-state index contributed by atoms with van der Waals surface area (Å²) in [5.41, 5.74) is -0.628. The van der Waals surface area contributed by atoms with Gasteiger partial charge in [0.1, 0.15) is 0 Å². The molecule has 0 aliphatic heterocycles. The first-order valence-electron chi connectivity index (χ1n) is 4.61. The smallest absolute Gasteiger partial charge is 0.176 e. The van der Waals surface area contributed by atoms with Crippen LogP contribution in [0.15, 0.2) is 34.8 Å². The molecule has 88 valence electrons. The van der Waals surface area contributed by atoms with Crippen molar-refractivity contribution < 1.29 is 17.6 Å². The third-order valence-electron chi connectivity index (χ3n) is 2.27. The first-order chi connectivity index (χ1) is 8.04. The Morgan fingerprint density at radius 1 is 0.706 bits per heavy atom. The second-order valence-corrected chi connectivity index (χ2v) is 4.10. The van der Waals surface area contributed by atoms with Crippen molar-refractivity contribution in [1.29, 1.82) is 0 Å². The van der Waals surface area contributed by atoms with E-state index in [1.165, 1.54) is 24.3 Å². The lowest BCUT2D eigenvalue weighted by Crippen LogP contribution is -2.00. The monoisotopic (exact) mass is 304 g/mol. The molecule has 0 aliphatic rings. The fourth-order valence-electron chi connectivity index (χ4n) is 1.46. The molecule has 0 aliphatic carbocycles. The molecular weight excluding hydrogens is 300 g/mol. The molecule has 2 rings (SSSR count). The summed E-state index contributed by atoms with van der Waals surface area (Å²) in [5.74, 6) is -5.71. The third kappa shape index (κ3) is 1.95. The van der Waals surface area contributed by atoms with Crippen LogP contribution in [0.3, 0.4) is 0 Å². The minimum absolute atomic E-state index is 0.0767. The first kappa shape index (κ1) is 12.1. The predicted octanol–water partition coefficient (Wildman–Crippen LogP) is 4.67. The van der Waals surface area contributed by atoms with Gasteiger partial charge in [-0.3, -0.25) is 0 Å². The molecule has 0 amide bonds. The van der Waals surface area contributed by atoms with Crippen molar-refractivity contribution in [3.05, 3.63) is 58.1 Å². The summed E-state index contributed by atoms with van der Waals surface area (Å²) >= 11 is 2.46. The number of hydrogen-bond acceptors (Lipinski definition) is 0. The zero-order chi connectivity index (χ0) is 12.6. The lowest BCUT2D eigenvalue weighted by molar-refractivity contribution is 0.451. The maximum Gasteiger partial charge on any atom is 0.176 e. The van der Waals surface area contributed by atoms with E-state index >= 15 is 0 Å². The second kappa shape index (κ2) is 4.49. The lowest BCUT2D eigenvalue weighted by Gasteiger charge is -2.08. The van der Waals surface area contributed by atoms with E-state index in [1.807, 2.05) is 0 Å². The maximum atomic E-state index is 13.6. The van der Waals surface area contributed by atoms with Crippen LogP contribution < -0.4 is 0 Å². The minimum Gasteiger partial charge on any atom is -0.203 e. The predicted molar refractivity (Wildman–Crippen MR) is 59.4 cm³/mol. The van der Waals surface area contributed by atoms with Gasteiger partial charge in [-0.05, 0) is 21.5 Å². The molecule has 0 N–H and O–H groups in total. The number of halogens is 5. The Morgan fingerprint density at radius 2 is 1.18 bits per heavy atom. The van der Waals surface area contributed by atoms with Crippen LogP contribution in [0.25, 0.3) is 11.1 Å². The van der Waals surface area contributed by atoms with Crippen LogP contribution >= 0.6 is 15.9 Å². The van der Waals surface area contributed by atoms with Gasteiger partial charge in [0.2, 0.25) is 0 Å². The van der Waals surface area contributed by atoms with E-state index in [0.29, 0.717) is 0 Å². The van der Waals surface area contributed by atoms with E-state index in [0.717, 1.165) is 0 Å². The molecule has 0 spiro atoms. The molecule has 0 aromatic heterocycles. The van der Waals surface area contributed by atoms with E-state index in [-0.39, 0.29) is 5.56 Å². The molecule has 0 radical (unpaired) electrons. The largest absolute Gasteiger partial charge is 0.203 e. The Morgan fingerprint density at radius 3 is 1.65 bits per heavy atom. The molecule has 2 aromatic carbocycles. The highest BCUT2D eigenvalue weighted by Gasteiger charge is 2.24. The maximum absolute atomic E-state index is 13.6. The molecule has 0 heterocycles. The molecule has 0 bridgehead atoms. The van der Waals surface area contributed by atoms with Gasteiger partial charge in [-0.25, -0.2) is 17.6 Å². The Hall–Kier alpha value is -1.36. The summed E-state index contributed by atoms with van der Waals surface area (Å²) in [4.78, 5) is 0. The van der Waals surface area contributed by atoms with Crippen LogP contribution in [0, 0.1) is 23.3 Å². The van der Waals surface area contributed by atoms with Crippen molar-refractivity contribution in [1.82, 2.24) is 0 Å². The van der Waals surface area contributed by atoms with Crippen LogP contribution in [0.2, 0.25) is 0 Å². The zero-order valence-corrected chi connectivity index (χ0v) is 9.86. The second-order valence-electron chi connectivity index (χ2n) is 3.31. The highest BCUT2D eigenvalue weighted by atomic mass is 79.9. The first-order valence-corrected chi connectivity index (χ1v) is 5.40. The van der Waals surface area contributed by atoms with Crippen molar-refractivity contribution in [2.24, 2.45) is 0 Å². The average Bonchev–Trinajstić information content (AvgIpc) is 2.36. The van der Waals surface area contributed by atoms with Gasteiger partial charge < -0.3 is 0 Å². The highest BCUT2D eigenvalue weighted by Crippen LogP contribution is 2.34. The fourth-order valence-corrected chi connectivity index (χ4v) is 1.81. The van der Waals surface area contributed by atoms with Gasteiger partial charge >= 0.3 is 0 Å². The van der Waals surface area contributed by atoms with Gasteiger partial charge in [0.15, 0.2) is 23.3 Å². The third-order valence-corrected chi connectivity index (χ3v) is 2.97. The summed E-state index contributed by atoms with van der Waals surface area (Å²) in [6.45, 7) is 0. The number of rotatable bonds is 1. The van der Waals surface area contributed by atoms with Crippen molar-refractivity contribution in [2.45, 2.75) is 0 Å². The summed E-state index contributed by atoms with van der Waals surface area (Å²) in [6.07, 6.45) is 0. The van der Waals surface area contributed by atoms with Gasteiger partial charge in [0.05, 0.1) is 10.0 Å². The SMILES string of the molecule is Fc1c(F)c(-c2ccccc2)c(F)c(F)c1Br. The van der Waals surface area contributed by atoms with Gasteiger partial charge in [0, 0.05) is 0 Å². The molecule has 0 atom stereocenters. The van der Waals surface area contributed by atoms with E-state index in [9.17, 15) is 17.6 Å². The molecular formula is C12H5BrF4. The fraction of sp³-hybridized carbons (Fsp3) is 0. The van der Waals surface area contributed by atoms with Crippen LogP contribution in [0.5, 0.6) is 0 Å². The molecule has 0 unspecified atom stereocenters. The molecule has 0 fully saturated rings. The van der Waals surface area contributed by atoms with Crippen LogP contribution in [0.1, 0.15) is 0 Å². The van der Waals surface area contributed by atoms with Gasteiger partial charge in [-0.1, -0.05) is 30.3 Å². The Bertz CT molecular complexity index is 537. The molecule has 17 heavy (non-hydrogen) atoms. The summed E-state index contributed by atoms with van der Waals surface area (Å²) in [5, 5.41) is 0. The Labute approximate surface area is 103 Å². The van der Waals surface area contributed by atoms with Gasteiger partial charge in [-0.2, -0.15) is 0 Å². The standard InChI is InChI=1S/C12H5BrF4/c13-8-11(16)9(14)7(10(15)12(8)17)6-4-2-1-3-5-6/h1-5H. The Kier molecular flexibility index (Phi) is 3.19. The van der Waals surface area contributed by atoms with Gasteiger partial charge in [0.25, 0.3) is 0 Å². The van der Waals surface area contributed by atoms with E-state index in [1.54, 1.807) is 6.07 Å². The van der Waals surface area contributed by atoms with Crippen molar-refractivity contribution in [2.75, 3.05) is 0 Å². The van der Waals surface area contributed by atoms with E-state index in [2.05, 4.69) is 15.9 Å². The number of hydrogen-bond donors (Lipinski definition) is 0. The quantitative estimate of drug-likeness (QED) is 0.408. The number of benzene rings is 2. The van der Waals surface area contributed by atoms with Gasteiger partial charge in [-0.15, -0.1) is 0 Å². The molecule has 0 saturated carbocycles. The Balaban J connectivity index is 2.80. The van der Waals surface area contributed by atoms with Crippen LogP contribution in [-0.4, -0.2) is 0 Å². The van der Waals surface area contributed by atoms with Crippen molar-refractivity contribution >= 4 is 15.9 Å². The summed E-state index contributed by atoms with van der Waals surface area (Å²) in [7, 11) is 0. The molecule has 2 aromatic rings.